The van der Waals surface area contributed by atoms with Crippen molar-refractivity contribution in [1.82, 2.24) is 15.6 Å². The van der Waals surface area contributed by atoms with E-state index in [1.54, 1.807) is 20.4 Å². The molecule has 0 fully saturated rings. The average molecular weight is 250 g/mol. The van der Waals surface area contributed by atoms with Crippen LogP contribution in [0.5, 0.6) is 5.88 Å². The molecule has 0 saturated heterocycles. The van der Waals surface area contributed by atoms with Crippen LogP contribution in [0.15, 0.2) is 23.3 Å². The van der Waals surface area contributed by atoms with E-state index in [4.69, 9.17) is 4.74 Å². The topological polar surface area (TPSA) is 58.5 Å². The standard InChI is InChI=1S/C13H22N4O/c1-10(2)8-16-13(14-3)17-9-11-6-5-7-15-12(11)18-4/h5-7,10H,8-9H2,1-4H3,(H2,14,16,17). The number of pyridine rings is 1. The predicted octanol–water partition coefficient (Wildman–Crippen LogP) is 1.41. The molecule has 0 amide bonds. The van der Waals surface area contributed by atoms with Gasteiger partial charge in [-0.25, -0.2) is 4.98 Å². The largest absolute Gasteiger partial charge is 0.481 e. The average Bonchev–Trinajstić information content (AvgIpc) is 2.39. The summed E-state index contributed by atoms with van der Waals surface area (Å²) < 4.78 is 5.20. The number of aliphatic imine (C=N–C) groups is 1. The van der Waals surface area contributed by atoms with Crippen molar-refractivity contribution < 1.29 is 4.74 Å². The molecule has 0 aliphatic rings. The summed E-state index contributed by atoms with van der Waals surface area (Å²) in [5.41, 5.74) is 1.01. The van der Waals surface area contributed by atoms with E-state index in [9.17, 15) is 0 Å². The van der Waals surface area contributed by atoms with E-state index in [-0.39, 0.29) is 0 Å². The van der Waals surface area contributed by atoms with Gasteiger partial charge >= 0.3 is 0 Å². The maximum Gasteiger partial charge on any atom is 0.218 e. The zero-order valence-electron chi connectivity index (χ0n) is 11.5. The lowest BCUT2D eigenvalue weighted by Gasteiger charge is -2.14. The number of nitrogens with zero attached hydrogens (tertiary/aromatic N) is 2. The lowest BCUT2D eigenvalue weighted by atomic mass is 10.2. The highest BCUT2D eigenvalue weighted by Crippen LogP contribution is 2.12. The van der Waals surface area contributed by atoms with Gasteiger partial charge < -0.3 is 15.4 Å². The molecule has 0 atom stereocenters. The molecular weight excluding hydrogens is 228 g/mol. The summed E-state index contributed by atoms with van der Waals surface area (Å²) in [5.74, 6) is 2.01. The van der Waals surface area contributed by atoms with Crippen LogP contribution in [0.2, 0.25) is 0 Å². The van der Waals surface area contributed by atoms with Gasteiger partial charge in [0, 0.05) is 31.9 Å². The molecule has 2 N–H and O–H groups in total. The molecule has 0 unspecified atom stereocenters. The van der Waals surface area contributed by atoms with Crippen LogP contribution in [-0.4, -0.2) is 31.6 Å². The molecule has 5 nitrogen and oxygen atoms in total. The van der Waals surface area contributed by atoms with Gasteiger partial charge in [-0.05, 0) is 12.0 Å². The highest BCUT2D eigenvalue weighted by atomic mass is 16.5. The van der Waals surface area contributed by atoms with Crippen LogP contribution in [0.4, 0.5) is 0 Å². The molecule has 0 aromatic carbocycles. The van der Waals surface area contributed by atoms with Crippen molar-refractivity contribution in [2.24, 2.45) is 10.9 Å². The molecule has 0 bridgehead atoms. The van der Waals surface area contributed by atoms with Gasteiger partial charge in [0.25, 0.3) is 0 Å². The van der Waals surface area contributed by atoms with Crippen molar-refractivity contribution in [3.8, 4) is 5.88 Å². The van der Waals surface area contributed by atoms with Crippen LogP contribution in [0.3, 0.4) is 0 Å². The Balaban J connectivity index is 2.52. The second-order valence-corrected chi connectivity index (χ2v) is 4.37. The minimum Gasteiger partial charge on any atom is -0.481 e. The van der Waals surface area contributed by atoms with Gasteiger partial charge in [-0.1, -0.05) is 19.9 Å². The second kappa shape index (κ2) is 7.53. The summed E-state index contributed by atoms with van der Waals surface area (Å²) in [5, 5.41) is 6.49. The summed E-state index contributed by atoms with van der Waals surface area (Å²) >= 11 is 0. The fourth-order valence-electron chi connectivity index (χ4n) is 1.44. The van der Waals surface area contributed by atoms with Crippen molar-refractivity contribution in [2.45, 2.75) is 20.4 Å². The molecule has 1 heterocycles. The van der Waals surface area contributed by atoms with Crippen LogP contribution in [0.25, 0.3) is 0 Å². The van der Waals surface area contributed by atoms with E-state index in [0.717, 1.165) is 18.1 Å². The van der Waals surface area contributed by atoms with E-state index in [2.05, 4.69) is 34.5 Å². The van der Waals surface area contributed by atoms with Crippen molar-refractivity contribution >= 4 is 5.96 Å². The molecule has 0 radical (unpaired) electrons. The molecule has 5 heteroatoms. The summed E-state index contributed by atoms with van der Waals surface area (Å²) in [6.07, 6.45) is 1.72. The molecule has 18 heavy (non-hydrogen) atoms. The zero-order valence-corrected chi connectivity index (χ0v) is 11.5. The summed E-state index contributed by atoms with van der Waals surface area (Å²) in [6, 6.07) is 3.87. The third-order valence-corrected chi connectivity index (χ3v) is 2.39. The Kier molecular flexibility index (Phi) is 5.97. The maximum absolute atomic E-state index is 5.20. The number of hydrogen-bond acceptors (Lipinski definition) is 3. The van der Waals surface area contributed by atoms with E-state index < -0.39 is 0 Å². The monoisotopic (exact) mass is 250 g/mol. The molecule has 1 aromatic rings. The molecule has 1 aromatic heterocycles. The number of hydrogen-bond donors (Lipinski definition) is 2. The first-order valence-corrected chi connectivity index (χ1v) is 6.09. The Bertz CT molecular complexity index is 390. The number of aromatic nitrogens is 1. The normalized spacial score (nSPS) is 11.5. The molecule has 0 aliphatic heterocycles. The Hall–Kier alpha value is -1.78. The number of rotatable bonds is 5. The molecular formula is C13H22N4O. The van der Waals surface area contributed by atoms with Gasteiger partial charge in [-0.15, -0.1) is 0 Å². The van der Waals surface area contributed by atoms with E-state index >= 15 is 0 Å². The van der Waals surface area contributed by atoms with Gasteiger partial charge in [-0.3, -0.25) is 4.99 Å². The minimum atomic E-state index is 0.580. The van der Waals surface area contributed by atoms with E-state index in [1.807, 2.05) is 12.1 Å². The predicted molar refractivity (Wildman–Crippen MR) is 73.8 cm³/mol. The van der Waals surface area contributed by atoms with Crippen LogP contribution >= 0.6 is 0 Å². The highest BCUT2D eigenvalue weighted by molar-refractivity contribution is 5.79. The first-order valence-electron chi connectivity index (χ1n) is 6.09. The van der Waals surface area contributed by atoms with Gasteiger partial charge in [0.15, 0.2) is 5.96 Å². The SMILES string of the molecule is CN=C(NCc1cccnc1OC)NCC(C)C. The molecule has 1 rings (SSSR count). The van der Waals surface area contributed by atoms with E-state index in [1.165, 1.54) is 0 Å². The third-order valence-electron chi connectivity index (χ3n) is 2.39. The van der Waals surface area contributed by atoms with Crippen molar-refractivity contribution in [3.05, 3.63) is 23.9 Å². The zero-order chi connectivity index (χ0) is 13.4. The Morgan fingerprint density at radius 1 is 1.44 bits per heavy atom. The van der Waals surface area contributed by atoms with Crippen molar-refractivity contribution in [2.75, 3.05) is 20.7 Å². The number of guanidine groups is 1. The van der Waals surface area contributed by atoms with Gasteiger partial charge in [0.05, 0.1) is 7.11 Å². The van der Waals surface area contributed by atoms with Crippen molar-refractivity contribution in [3.63, 3.8) is 0 Å². The molecule has 100 valence electrons. The number of ether oxygens (including phenoxy) is 1. The smallest absolute Gasteiger partial charge is 0.218 e. The third kappa shape index (κ3) is 4.61. The minimum absolute atomic E-state index is 0.580. The molecule has 0 saturated carbocycles. The highest BCUT2D eigenvalue weighted by Gasteiger charge is 2.04. The van der Waals surface area contributed by atoms with Crippen molar-refractivity contribution in [1.29, 1.82) is 0 Å². The summed E-state index contributed by atoms with van der Waals surface area (Å²) in [6.45, 7) is 5.84. The second-order valence-electron chi connectivity index (χ2n) is 4.37. The van der Waals surface area contributed by atoms with Gasteiger partial charge in [0.2, 0.25) is 5.88 Å². The van der Waals surface area contributed by atoms with Crippen LogP contribution in [0, 0.1) is 5.92 Å². The Labute approximate surface area is 109 Å². The first kappa shape index (κ1) is 14.3. The molecule has 0 aliphatic carbocycles. The van der Waals surface area contributed by atoms with E-state index in [0.29, 0.717) is 18.3 Å². The fraction of sp³-hybridized carbons (Fsp3) is 0.538. The number of nitrogens with one attached hydrogen (secondary N) is 2. The van der Waals surface area contributed by atoms with Gasteiger partial charge in [0.1, 0.15) is 0 Å². The molecule has 0 spiro atoms. The van der Waals surface area contributed by atoms with Crippen LogP contribution < -0.4 is 15.4 Å². The fourth-order valence-corrected chi connectivity index (χ4v) is 1.44. The number of methoxy groups -OCH3 is 1. The quantitative estimate of drug-likeness (QED) is 0.613. The van der Waals surface area contributed by atoms with Crippen LogP contribution in [-0.2, 0) is 6.54 Å². The Morgan fingerprint density at radius 3 is 2.83 bits per heavy atom. The lowest BCUT2D eigenvalue weighted by Crippen LogP contribution is -2.38. The van der Waals surface area contributed by atoms with Crippen LogP contribution in [0.1, 0.15) is 19.4 Å². The van der Waals surface area contributed by atoms with Gasteiger partial charge in [-0.2, -0.15) is 0 Å². The summed E-state index contributed by atoms with van der Waals surface area (Å²) in [7, 11) is 3.38. The first-order chi connectivity index (χ1) is 8.67. The lowest BCUT2D eigenvalue weighted by molar-refractivity contribution is 0.392. The maximum atomic E-state index is 5.20. The summed E-state index contributed by atoms with van der Waals surface area (Å²) in [4.78, 5) is 8.32. The Morgan fingerprint density at radius 2 is 2.22 bits per heavy atom.